The predicted octanol–water partition coefficient (Wildman–Crippen LogP) is 2.47. The summed E-state index contributed by atoms with van der Waals surface area (Å²) in [5.41, 5.74) is 6.00. The molecular formula is C14H20ClN3OS. The minimum Gasteiger partial charge on any atom is -0.489 e. The van der Waals surface area contributed by atoms with Crippen molar-refractivity contribution in [1.29, 1.82) is 0 Å². The molecule has 1 aliphatic rings. The Bertz CT molecular complexity index is 463. The fourth-order valence-corrected chi connectivity index (χ4v) is 3.01. The highest BCUT2D eigenvalue weighted by atomic mass is 35.5. The van der Waals surface area contributed by atoms with E-state index >= 15 is 0 Å². The van der Waals surface area contributed by atoms with Crippen molar-refractivity contribution in [3.8, 4) is 5.75 Å². The van der Waals surface area contributed by atoms with E-state index in [0.717, 1.165) is 30.3 Å². The first-order valence-electron chi connectivity index (χ1n) is 6.70. The van der Waals surface area contributed by atoms with E-state index in [9.17, 15) is 0 Å². The van der Waals surface area contributed by atoms with E-state index in [2.05, 4.69) is 9.89 Å². The Morgan fingerprint density at radius 3 is 2.95 bits per heavy atom. The van der Waals surface area contributed by atoms with Gasteiger partial charge in [-0.05, 0) is 25.1 Å². The summed E-state index contributed by atoms with van der Waals surface area (Å²) in [7, 11) is 0. The van der Waals surface area contributed by atoms with Crippen LogP contribution in [0, 0.1) is 0 Å². The maximum atomic E-state index is 6.00. The van der Waals surface area contributed by atoms with Gasteiger partial charge in [0.15, 0.2) is 5.96 Å². The molecule has 2 N–H and O–H groups in total. The quantitative estimate of drug-likeness (QED) is 0.685. The molecule has 6 heteroatoms. The van der Waals surface area contributed by atoms with E-state index in [-0.39, 0.29) is 6.10 Å². The minimum absolute atomic E-state index is 0.0359. The van der Waals surface area contributed by atoms with Gasteiger partial charge in [-0.1, -0.05) is 17.7 Å². The molecule has 1 saturated heterocycles. The van der Waals surface area contributed by atoms with Crippen molar-refractivity contribution >= 4 is 29.3 Å². The van der Waals surface area contributed by atoms with Gasteiger partial charge in [0.25, 0.3) is 0 Å². The molecule has 0 spiro atoms. The third-order valence-electron chi connectivity index (χ3n) is 2.98. The van der Waals surface area contributed by atoms with Crippen LogP contribution in [0.3, 0.4) is 0 Å². The lowest BCUT2D eigenvalue weighted by molar-refractivity contribution is 0.230. The Balaban J connectivity index is 1.83. The van der Waals surface area contributed by atoms with E-state index in [1.54, 1.807) is 6.07 Å². The molecule has 0 radical (unpaired) electrons. The van der Waals surface area contributed by atoms with E-state index in [1.807, 2.05) is 36.9 Å². The molecule has 1 aromatic carbocycles. The third-order valence-corrected chi connectivity index (χ3v) is 4.16. The summed E-state index contributed by atoms with van der Waals surface area (Å²) < 4.78 is 5.76. The summed E-state index contributed by atoms with van der Waals surface area (Å²) in [6, 6.07) is 7.38. The minimum atomic E-state index is -0.0359. The van der Waals surface area contributed by atoms with Gasteiger partial charge in [0.2, 0.25) is 0 Å². The van der Waals surface area contributed by atoms with Crippen LogP contribution >= 0.6 is 23.4 Å². The average molecular weight is 314 g/mol. The van der Waals surface area contributed by atoms with Crippen molar-refractivity contribution in [1.82, 2.24) is 4.90 Å². The second kappa shape index (κ2) is 7.64. The van der Waals surface area contributed by atoms with Crippen molar-refractivity contribution in [3.05, 3.63) is 29.3 Å². The second-order valence-electron chi connectivity index (χ2n) is 4.68. The highest BCUT2D eigenvalue weighted by Crippen LogP contribution is 2.18. The fourth-order valence-electron chi connectivity index (χ4n) is 1.92. The Morgan fingerprint density at radius 1 is 1.50 bits per heavy atom. The van der Waals surface area contributed by atoms with Gasteiger partial charge in [-0.25, -0.2) is 4.99 Å². The van der Waals surface area contributed by atoms with E-state index in [0.29, 0.717) is 17.5 Å². The van der Waals surface area contributed by atoms with Gasteiger partial charge in [-0.15, -0.1) is 0 Å². The number of nitrogens with zero attached hydrogens (tertiary/aromatic N) is 2. The van der Waals surface area contributed by atoms with Crippen LogP contribution in [0.4, 0.5) is 0 Å². The molecule has 1 aliphatic heterocycles. The SMILES string of the molecule is CC(CN=C(N)N1CCSCC1)Oc1cccc(Cl)c1. The van der Waals surface area contributed by atoms with Crippen molar-refractivity contribution in [3.63, 3.8) is 0 Å². The summed E-state index contributed by atoms with van der Waals surface area (Å²) in [5, 5.41) is 0.670. The largest absolute Gasteiger partial charge is 0.489 e. The molecule has 0 saturated carbocycles. The zero-order valence-electron chi connectivity index (χ0n) is 11.6. The summed E-state index contributed by atoms with van der Waals surface area (Å²) in [5.74, 6) is 3.61. The van der Waals surface area contributed by atoms with Crippen molar-refractivity contribution in [2.24, 2.45) is 10.7 Å². The molecule has 0 amide bonds. The van der Waals surface area contributed by atoms with E-state index in [4.69, 9.17) is 22.1 Å². The van der Waals surface area contributed by atoms with Crippen LogP contribution in [-0.4, -0.2) is 48.1 Å². The highest BCUT2D eigenvalue weighted by Gasteiger charge is 2.12. The lowest BCUT2D eigenvalue weighted by Crippen LogP contribution is -2.43. The monoisotopic (exact) mass is 313 g/mol. The second-order valence-corrected chi connectivity index (χ2v) is 6.35. The molecule has 1 aromatic rings. The van der Waals surface area contributed by atoms with E-state index in [1.165, 1.54) is 0 Å². The number of guanidine groups is 1. The molecule has 20 heavy (non-hydrogen) atoms. The predicted molar refractivity (Wildman–Crippen MR) is 86.9 cm³/mol. The van der Waals surface area contributed by atoms with Crippen molar-refractivity contribution in [2.45, 2.75) is 13.0 Å². The molecule has 1 atom stereocenters. The smallest absolute Gasteiger partial charge is 0.191 e. The number of aliphatic imine (C=N–C) groups is 1. The van der Waals surface area contributed by atoms with Crippen LogP contribution in [0.15, 0.2) is 29.3 Å². The molecule has 2 rings (SSSR count). The van der Waals surface area contributed by atoms with Gasteiger partial charge < -0.3 is 15.4 Å². The number of thioether (sulfide) groups is 1. The Kier molecular flexibility index (Phi) is 5.86. The molecule has 110 valence electrons. The molecular weight excluding hydrogens is 294 g/mol. The number of benzene rings is 1. The normalized spacial score (nSPS) is 17.9. The van der Waals surface area contributed by atoms with Gasteiger partial charge in [-0.3, -0.25) is 0 Å². The number of halogens is 1. The van der Waals surface area contributed by atoms with Gasteiger partial charge in [0, 0.05) is 29.6 Å². The van der Waals surface area contributed by atoms with Crippen molar-refractivity contribution < 1.29 is 4.74 Å². The first-order chi connectivity index (χ1) is 9.65. The summed E-state index contributed by atoms with van der Waals surface area (Å²) in [6.45, 7) is 4.47. The average Bonchev–Trinajstić information content (AvgIpc) is 2.46. The lowest BCUT2D eigenvalue weighted by Gasteiger charge is -2.27. The Hall–Kier alpha value is -1.07. The Morgan fingerprint density at radius 2 is 2.25 bits per heavy atom. The van der Waals surface area contributed by atoms with Crippen LogP contribution in [0.25, 0.3) is 0 Å². The third kappa shape index (κ3) is 4.80. The highest BCUT2D eigenvalue weighted by molar-refractivity contribution is 7.99. The maximum absolute atomic E-state index is 6.00. The maximum Gasteiger partial charge on any atom is 0.191 e. The van der Waals surface area contributed by atoms with Crippen LogP contribution in [0.5, 0.6) is 5.75 Å². The number of hydrogen-bond donors (Lipinski definition) is 1. The standard InChI is InChI=1S/C14H20ClN3OS/c1-11(19-13-4-2-3-12(15)9-13)10-17-14(16)18-5-7-20-8-6-18/h2-4,9,11H,5-8,10H2,1H3,(H2,16,17). The molecule has 1 fully saturated rings. The zero-order chi connectivity index (χ0) is 14.4. The molecule has 1 unspecified atom stereocenters. The van der Waals surface area contributed by atoms with Crippen LogP contribution in [-0.2, 0) is 0 Å². The number of ether oxygens (including phenoxy) is 1. The molecule has 0 bridgehead atoms. The fraction of sp³-hybridized carbons (Fsp3) is 0.500. The van der Waals surface area contributed by atoms with Gasteiger partial charge in [0.1, 0.15) is 11.9 Å². The topological polar surface area (TPSA) is 50.8 Å². The Labute approximate surface area is 129 Å². The molecule has 0 aliphatic carbocycles. The first kappa shape index (κ1) is 15.3. The molecule has 1 heterocycles. The number of rotatable bonds is 4. The summed E-state index contributed by atoms with van der Waals surface area (Å²) in [4.78, 5) is 6.55. The van der Waals surface area contributed by atoms with Crippen LogP contribution in [0.1, 0.15) is 6.92 Å². The van der Waals surface area contributed by atoms with E-state index < -0.39 is 0 Å². The zero-order valence-corrected chi connectivity index (χ0v) is 13.2. The number of hydrogen-bond acceptors (Lipinski definition) is 3. The van der Waals surface area contributed by atoms with Crippen LogP contribution in [0.2, 0.25) is 5.02 Å². The van der Waals surface area contributed by atoms with Gasteiger partial charge in [-0.2, -0.15) is 11.8 Å². The van der Waals surface area contributed by atoms with Gasteiger partial charge >= 0.3 is 0 Å². The first-order valence-corrected chi connectivity index (χ1v) is 8.23. The number of nitrogens with two attached hydrogens (primary N) is 1. The molecule has 0 aromatic heterocycles. The summed E-state index contributed by atoms with van der Waals surface area (Å²) >= 11 is 7.88. The molecule has 4 nitrogen and oxygen atoms in total. The summed E-state index contributed by atoms with van der Waals surface area (Å²) in [6.07, 6.45) is -0.0359. The van der Waals surface area contributed by atoms with Crippen LogP contribution < -0.4 is 10.5 Å². The van der Waals surface area contributed by atoms with Crippen molar-refractivity contribution in [2.75, 3.05) is 31.1 Å². The lowest BCUT2D eigenvalue weighted by atomic mass is 10.3. The van der Waals surface area contributed by atoms with Gasteiger partial charge in [0.05, 0.1) is 6.54 Å².